The molecule has 0 radical (unpaired) electrons. The van der Waals surface area contributed by atoms with E-state index < -0.39 is 11.7 Å². The zero-order chi connectivity index (χ0) is 12.3. The Labute approximate surface area is 92.3 Å². The summed E-state index contributed by atoms with van der Waals surface area (Å²) in [7, 11) is 0. The lowest BCUT2D eigenvalue weighted by Crippen LogP contribution is -2.12. The van der Waals surface area contributed by atoms with Gasteiger partial charge in [-0.1, -0.05) is 19.4 Å². The Hall–Kier alpha value is -1.32. The third kappa shape index (κ3) is 2.43. The second kappa shape index (κ2) is 4.68. The Morgan fingerprint density at radius 2 is 1.94 bits per heavy atom. The highest BCUT2D eigenvalue weighted by atomic mass is 19.4. The van der Waals surface area contributed by atoms with Crippen molar-refractivity contribution in [3.05, 3.63) is 34.4 Å². The van der Waals surface area contributed by atoms with E-state index in [2.05, 4.69) is 0 Å². The third-order valence-electron chi connectivity index (χ3n) is 2.51. The quantitative estimate of drug-likeness (QED) is 0.722. The lowest BCUT2D eigenvalue weighted by Gasteiger charge is -2.14. The molecule has 0 aromatic heterocycles. The van der Waals surface area contributed by atoms with Gasteiger partial charge in [0.25, 0.3) is 0 Å². The largest absolute Gasteiger partial charge is 0.417 e. The molecule has 1 nitrogen and oxygen atoms in total. The number of carbonyl (C=O) groups excluding carboxylic acids is 1. The highest BCUT2D eigenvalue weighted by molar-refractivity contribution is 5.81. The minimum Gasteiger partial charge on any atom is -0.298 e. The molecule has 4 heteroatoms. The van der Waals surface area contributed by atoms with Crippen LogP contribution in [0.2, 0.25) is 0 Å². The lowest BCUT2D eigenvalue weighted by atomic mass is 9.94. The van der Waals surface area contributed by atoms with Gasteiger partial charge in [-0.3, -0.25) is 4.79 Å². The standard InChI is InChI=1S/C12H13F3O/c1-3-4-9-8(2)5-6-11(10(9)7-16)12(13,14)15/h5-7H,3-4H2,1-2H3. The number of aldehydes is 1. The van der Waals surface area contributed by atoms with Crippen LogP contribution in [0.15, 0.2) is 12.1 Å². The Balaban J connectivity index is 3.42. The maximum absolute atomic E-state index is 12.6. The first-order chi connectivity index (χ1) is 7.41. The van der Waals surface area contributed by atoms with E-state index in [0.717, 1.165) is 11.6 Å². The van der Waals surface area contributed by atoms with Crippen LogP contribution in [0.1, 0.15) is 40.4 Å². The number of benzene rings is 1. The fourth-order valence-electron chi connectivity index (χ4n) is 1.74. The Morgan fingerprint density at radius 1 is 1.31 bits per heavy atom. The first-order valence-corrected chi connectivity index (χ1v) is 5.06. The van der Waals surface area contributed by atoms with Crippen molar-refractivity contribution < 1.29 is 18.0 Å². The fourth-order valence-corrected chi connectivity index (χ4v) is 1.74. The molecular weight excluding hydrogens is 217 g/mol. The zero-order valence-corrected chi connectivity index (χ0v) is 9.19. The Bertz CT molecular complexity index is 394. The van der Waals surface area contributed by atoms with Gasteiger partial charge in [0.15, 0.2) is 6.29 Å². The summed E-state index contributed by atoms with van der Waals surface area (Å²) in [5, 5.41) is 0. The number of hydrogen-bond acceptors (Lipinski definition) is 1. The lowest BCUT2D eigenvalue weighted by molar-refractivity contribution is -0.137. The second-order valence-electron chi connectivity index (χ2n) is 3.69. The van der Waals surface area contributed by atoms with Gasteiger partial charge >= 0.3 is 6.18 Å². The molecule has 0 saturated carbocycles. The average Bonchev–Trinajstić information content (AvgIpc) is 2.19. The van der Waals surface area contributed by atoms with E-state index >= 15 is 0 Å². The van der Waals surface area contributed by atoms with Gasteiger partial charge in [0.1, 0.15) is 0 Å². The Kier molecular flexibility index (Phi) is 3.73. The van der Waals surface area contributed by atoms with Crippen molar-refractivity contribution in [2.24, 2.45) is 0 Å². The highest BCUT2D eigenvalue weighted by Crippen LogP contribution is 2.34. The van der Waals surface area contributed by atoms with E-state index in [1.165, 1.54) is 6.07 Å². The SMILES string of the molecule is CCCc1c(C)ccc(C(F)(F)F)c1C=O. The van der Waals surface area contributed by atoms with Gasteiger partial charge in [0.2, 0.25) is 0 Å². The van der Waals surface area contributed by atoms with Crippen molar-refractivity contribution in [3.63, 3.8) is 0 Å². The van der Waals surface area contributed by atoms with Crippen LogP contribution >= 0.6 is 0 Å². The van der Waals surface area contributed by atoms with Crippen LogP contribution < -0.4 is 0 Å². The van der Waals surface area contributed by atoms with Crippen molar-refractivity contribution in [1.29, 1.82) is 0 Å². The van der Waals surface area contributed by atoms with Gasteiger partial charge in [-0.2, -0.15) is 13.2 Å². The van der Waals surface area contributed by atoms with E-state index in [-0.39, 0.29) is 5.56 Å². The maximum atomic E-state index is 12.6. The Morgan fingerprint density at radius 3 is 2.38 bits per heavy atom. The van der Waals surface area contributed by atoms with Crippen molar-refractivity contribution in [2.75, 3.05) is 0 Å². The zero-order valence-electron chi connectivity index (χ0n) is 9.19. The van der Waals surface area contributed by atoms with Gasteiger partial charge in [-0.15, -0.1) is 0 Å². The van der Waals surface area contributed by atoms with Crippen molar-refractivity contribution in [1.82, 2.24) is 0 Å². The normalized spacial score (nSPS) is 11.6. The van der Waals surface area contributed by atoms with E-state index in [0.29, 0.717) is 24.7 Å². The number of aryl methyl sites for hydroxylation is 1. The van der Waals surface area contributed by atoms with Gasteiger partial charge in [-0.05, 0) is 30.5 Å². The van der Waals surface area contributed by atoms with E-state index in [1.807, 2.05) is 6.92 Å². The third-order valence-corrected chi connectivity index (χ3v) is 2.51. The minimum absolute atomic E-state index is 0.214. The van der Waals surface area contributed by atoms with Gasteiger partial charge < -0.3 is 0 Å². The first-order valence-electron chi connectivity index (χ1n) is 5.06. The van der Waals surface area contributed by atoms with Crippen molar-refractivity contribution >= 4 is 6.29 Å². The summed E-state index contributed by atoms with van der Waals surface area (Å²) in [5.74, 6) is 0. The second-order valence-corrected chi connectivity index (χ2v) is 3.69. The van der Waals surface area contributed by atoms with E-state index in [9.17, 15) is 18.0 Å². The fraction of sp³-hybridized carbons (Fsp3) is 0.417. The smallest absolute Gasteiger partial charge is 0.298 e. The number of rotatable bonds is 3. The van der Waals surface area contributed by atoms with Gasteiger partial charge in [-0.25, -0.2) is 0 Å². The molecule has 0 unspecified atom stereocenters. The van der Waals surface area contributed by atoms with E-state index in [1.54, 1.807) is 6.92 Å². The molecule has 0 atom stereocenters. The molecule has 0 aliphatic carbocycles. The molecule has 1 aromatic carbocycles. The molecule has 0 spiro atoms. The topological polar surface area (TPSA) is 17.1 Å². The average molecular weight is 230 g/mol. The summed E-state index contributed by atoms with van der Waals surface area (Å²) >= 11 is 0. The first kappa shape index (κ1) is 12.7. The molecule has 0 N–H and O–H groups in total. The molecule has 0 aliphatic heterocycles. The predicted octanol–water partition coefficient (Wildman–Crippen LogP) is 3.78. The van der Waals surface area contributed by atoms with Crippen LogP contribution in [-0.4, -0.2) is 6.29 Å². The monoisotopic (exact) mass is 230 g/mol. The summed E-state index contributed by atoms with van der Waals surface area (Å²) in [4.78, 5) is 10.8. The maximum Gasteiger partial charge on any atom is 0.417 e. The van der Waals surface area contributed by atoms with Crippen LogP contribution in [0.5, 0.6) is 0 Å². The molecule has 0 bridgehead atoms. The van der Waals surface area contributed by atoms with Gasteiger partial charge in [0, 0.05) is 5.56 Å². The summed E-state index contributed by atoms with van der Waals surface area (Å²) in [5.41, 5.74) is 0.190. The number of carbonyl (C=O) groups is 1. The van der Waals surface area contributed by atoms with Crippen LogP contribution in [0, 0.1) is 6.92 Å². The predicted molar refractivity (Wildman–Crippen MR) is 55.6 cm³/mol. The molecule has 0 fully saturated rings. The number of hydrogen-bond donors (Lipinski definition) is 0. The van der Waals surface area contributed by atoms with Crippen LogP contribution in [0.3, 0.4) is 0 Å². The van der Waals surface area contributed by atoms with E-state index in [4.69, 9.17) is 0 Å². The molecule has 1 rings (SSSR count). The summed E-state index contributed by atoms with van der Waals surface area (Å²) in [6.45, 7) is 3.59. The molecule has 0 aliphatic rings. The summed E-state index contributed by atoms with van der Waals surface area (Å²) in [6, 6.07) is 2.39. The summed E-state index contributed by atoms with van der Waals surface area (Å²) in [6.07, 6.45) is -2.96. The van der Waals surface area contributed by atoms with Crippen LogP contribution in [0.4, 0.5) is 13.2 Å². The molecule has 16 heavy (non-hydrogen) atoms. The van der Waals surface area contributed by atoms with Crippen LogP contribution in [-0.2, 0) is 12.6 Å². The minimum atomic E-state index is -4.47. The summed E-state index contributed by atoms with van der Waals surface area (Å²) < 4.78 is 37.9. The van der Waals surface area contributed by atoms with Crippen LogP contribution in [0.25, 0.3) is 0 Å². The molecule has 0 saturated heterocycles. The molecular formula is C12H13F3O. The highest BCUT2D eigenvalue weighted by Gasteiger charge is 2.34. The molecule has 1 aromatic rings. The number of alkyl halides is 3. The number of halogens is 3. The molecule has 0 amide bonds. The van der Waals surface area contributed by atoms with Crippen molar-refractivity contribution in [3.8, 4) is 0 Å². The molecule has 0 heterocycles. The van der Waals surface area contributed by atoms with Gasteiger partial charge in [0.05, 0.1) is 5.56 Å². The molecule has 88 valence electrons. The van der Waals surface area contributed by atoms with Crippen molar-refractivity contribution in [2.45, 2.75) is 32.9 Å².